The van der Waals surface area contributed by atoms with Gasteiger partial charge >= 0.3 is 18.0 Å². The van der Waals surface area contributed by atoms with Crippen LogP contribution in [0.3, 0.4) is 0 Å². The molecule has 5 aliphatic carbocycles. The number of amides is 5. The van der Waals surface area contributed by atoms with E-state index in [9.17, 15) is 39.0 Å². The number of piperidine rings is 1. The van der Waals surface area contributed by atoms with Gasteiger partial charge in [-0.05, 0) is 184 Å². The Morgan fingerprint density at radius 2 is 1.22 bits per heavy atom. The highest BCUT2D eigenvalue weighted by atomic mass is 35.5. The van der Waals surface area contributed by atoms with Crippen LogP contribution in [0.1, 0.15) is 129 Å². The number of hydrogen-bond donors (Lipinski definition) is 2. The van der Waals surface area contributed by atoms with Gasteiger partial charge in [-0.2, -0.15) is 0 Å². The van der Waals surface area contributed by atoms with E-state index in [0.29, 0.717) is 41.3 Å². The van der Waals surface area contributed by atoms with Gasteiger partial charge in [-0.1, -0.05) is 48.0 Å². The van der Waals surface area contributed by atoms with E-state index in [-0.39, 0.29) is 92.4 Å². The number of rotatable bonds is 23. The van der Waals surface area contributed by atoms with E-state index in [4.69, 9.17) is 30.5 Å². The van der Waals surface area contributed by atoms with E-state index in [2.05, 4.69) is 47.1 Å². The maximum atomic E-state index is 12.2. The van der Waals surface area contributed by atoms with Crippen molar-refractivity contribution in [1.29, 1.82) is 0 Å². The molecule has 4 aromatic rings. The van der Waals surface area contributed by atoms with Gasteiger partial charge in [-0.25, -0.2) is 4.79 Å². The summed E-state index contributed by atoms with van der Waals surface area (Å²) in [5.41, 5.74) is 9.07. The fourth-order valence-electron chi connectivity index (χ4n) is 13.7. The van der Waals surface area contributed by atoms with Crippen LogP contribution in [0.25, 0.3) is 0 Å². The normalized spacial score (nSPS) is 23.9. The molecular weight excluding hydrogens is 1080 g/mol. The molecule has 7 aliphatic rings. The Morgan fingerprint density at radius 1 is 0.639 bits per heavy atom. The summed E-state index contributed by atoms with van der Waals surface area (Å²) in [6.07, 6.45) is 12.9. The van der Waals surface area contributed by atoms with Gasteiger partial charge in [0.1, 0.15) is 19.8 Å². The summed E-state index contributed by atoms with van der Waals surface area (Å²) < 4.78 is 23.2. The number of imide groups is 2. The highest BCUT2D eigenvalue weighted by Gasteiger charge is 2.58. The Kier molecular flexibility index (Phi) is 19.0. The number of halogens is 1. The number of benzene rings is 4. The van der Waals surface area contributed by atoms with Crippen molar-refractivity contribution in [3.63, 3.8) is 0 Å². The fourth-order valence-corrected chi connectivity index (χ4v) is 13.9. The van der Waals surface area contributed by atoms with Gasteiger partial charge in [0.15, 0.2) is 23.0 Å². The van der Waals surface area contributed by atoms with Crippen LogP contribution in [0.2, 0.25) is 5.02 Å². The van der Waals surface area contributed by atoms with E-state index >= 15 is 0 Å². The number of fused-ring (bicyclic) bond motifs is 3. The zero-order chi connectivity index (χ0) is 58.5. The van der Waals surface area contributed by atoms with E-state index < -0.39 is 11.9 Å². The number of likely N-dealkylation sites (N-methyl/N-ethyl adjacent to an activating group) is 1. The standard InChI is InChI=1S/C33H43N3O6.C32H37ClN2O6/c1-22(27-13-12-25-5-4-6-28(25)18-27)35(19-23-7-10-26(11-8-23)32(38)39)20-24-9-14-29(30(17-24)41-3)42-16-15-36-31(37)21-34(2)33(36)40;1-40-29-14-20(4-11-28(29)41-13-12-35-30(36)25-16-26(25)31(35)37)18-34(17-19-2-5-21(6-3-19)32(38)39)27-10-7-22-15-23(33)8-9-24(22)27/h9,12-14,17-18,22-23,26H,4-8,10-11,15-16,19-21H2,1-3H3,(H,38,39);4,8-9,11,14-15,19,21,25-27H,2-3,5-7,10,12-13,16-18H2,1H3,(H,38,39)/t22?,23-,26-;19?,21?,25?,26?,27-/m.0/s1. The number of urea groups is 1. The summed E-state index contributed by atoms with van der Waals surface area (Å²) in [6, 6.07) is 25.2. The lowest BCUT2D eigenvalue weighted by Crippen LogP contribution is -2.36. The maximum absolute atomic E-state index is 12.2. The Bertz CT molecular complexity index is 3030. The molecule has 0 spiro atoms. The predicted octanol–water partition coefficient (Wildman–Crippen LogP) is 10.0. The fraction of sp³-hybridized carbons (Fsp3) is 0.538. The topological polar surface area (TPSA) is 196 Å². The molecule has 3 unspecified atom stereocenters. The van der Waals surface area contributed by atoms with Gasteiger partial charge in [0.05, 0.1) is 51.0 Å². The van der Waals surface area contributed by atoms with E-state index in [1.54, 1.807) is 21.3 Å². The zero-order valence-electron chi connectivity index (χ0n) is 48.4. The summed E-state index contributed by atoms with van der Waals surface area (Å²) in [6.45, 7) is 6.45. The molecule has 11 rings (SSSR count). The van der Waals surface area contributed by atoms with Crippen molar-refractivity contribution >= 4 is 47.3 Å². The van der Waals surface area contributed by atoms with E-state index in [0.717, 1.165) is 119 Å². The second-order valence-corrected chi connectivity index (χ2v) is 24.5. The summed E-state index contributed by atoms with van der Waals surface area (Å²) >= 11 is 6.30. The highest BCUT2D eigenvalue weighted by Crippen LogP contribution is 2.47. The van der Waals surface area contributed by atoms with Crippen LogP contribution < -0.4 is 18.9 Å². The first-order valence-electron chi connectivity index (χ1n) is 29.9. The average molecular weight is 1160 g/mol. The monoisotopic (exact) mass is 1160 g/mol. The molecule has 4 aromatic carbocycles. The Hall–Kier alpha value is -6.69. The van der Waals surface area contributed by atoms with Crippen molar-refractivity contribution in [2.75, 3.05) is 67.2 Å². The summed E-state index contributed by atoms with van der Waals surface area (Å²) in [7, 11) is 4.83. The first-order chi connectivity index (χ1) is 40.0. The number of carboxylic acid groups (broad SMARTS) is 2. The SMILES string of the molecule is COc1cc(CN(CC2CCC(C(=O)O)CC2)[C@H]2CCc3cc(Cl)ccc32)ccc1OCCN1C(=O)C2CC2C1=O.COc1cc(CN(C[C@H]2CC[C@H](C(=O)O)CC2)C(C)c2ccc3c(c2)CCC3)ccc1OCCN1C(=O)CN(C)C1=O. The number of hydrogen-bond acceptors (Lipinski definition) is 12. The minimum Gasteiger partial charge on any atom is -0.493 e. The third-order valence-corrected chi connectivity index (χ3v) is 18.9. The number of carboxylic acids is 2. The smallest absolute Gasteiger partial charge is 0.327 e. The van der Waals surface area contributed by atoms with Crippen molar-refractivity contribution in [3.05, 3.63) is 117 Å². The number of methoxy groups -OCH3 is 2. The van der Waals surface area contributed by atoms with Crippen LogP contribution in [-0.2, 0) is 56.3 Å². The second-order valence-electron chi connectivity index (χ2n) is 24.1. The van der Waals surface area contributed by atoms with Crippen molar-refractivity contribution < 1.29 is 57.9 Å². The number of aryl methyl sites for hydroxylation is 3. The second kappa shape index (κ2) is 26.5. The van der Waals surface area contributed by atoms with Crippen molar-refractivity contribution in [1.82, 2.24) is 24.5 Å². The van der Waals surface area contributed by atoms with Crippen LogP contribution in [-0.4, -0.2) is 138 Å². The summed E-state index contributed by atoms with van der Waals surface area (Å²) in [4.78, 5) is 80.7. The lowest BCUT2D eigenvalue weighted by atomic mass is 9.81. The van der Waals surface area contributed by atoms with Crippen LogP contribution in [0.5, 0.6) is 23.0 Å². The largest absolute Gasteiger partial charge is 0.493 e. The van der Waals surface area contributed by atoms with Crippen LogP contribution in [0.4, 0.5) is 4.79 Å². The molecule has 0 bridgehead atoms. The molecule has 5 amide bonds. The van der Waals surface area contributed by atoms with Gasteiger partial charge in [-0.3, -0.25) is 43.6 Å². The Balaban J connectivity index is 0.000000185. The molecule has 18 heteroatoms. The number of aliphatic carboxylic acids is 2. The molecule has 2 heterocycles. The lowest BCUT2D eigenvalue weighted by molar-refractivity contribution is -0.144. The number of likely N-dealkylation sites (tertiary alicyclic amines) is 1. The van der Waals surface area contributed by atoms with Gasteiger partial charge in [-0.15, -0.1) is 0 Å². The van der Waals surface area contributed by atoms with Gasteiger partial charge in [0.25, 0.3) is 0 Å². The third kappa shape index (κ3) is 14.0. The first-order valence-corrected chi connectivity index (χ1v) is 30.3. The zero-order valence-corrected chi connectivity index (χ0v) is 49.2. The molecular formula is C65H80ClN5O12. The molecule has 83 heavy (non-hydrogen) atoms. The minimum atomic E-state index is -0.674. The third-order valence-electron chi connectivity index (χ3n) is 18.7. The van der Waals surface area contributed by atoms with E-state index in [1.165, 1.54) is 48.9 Å². The van der Waals surface area contributed by atoms with Gasteiger partial charge in [0, 0.05) is 50.3 Å². The van der Waals surface area contributed by atoms with Crippen molar-refractivity contribution in [2.24, 2.45) is 35.5 Å². The Labute approximate surface area is 492 Å². The molecule has 17 nitrogen and oxygen atoms in total. The summed E-state index contributed by atoms with van der Waals surface area (Å²) in [5, 5.41) is 19.7. The minimum absolute atomic E-state index is 0.0711. The molecule has 2 N–H and O–H groups in total. The molecule has 0 aromatic heterocycles. The van der Waals surface area contributed by atoms with Crippen molar-refractivity contribution in [3.8, 4) is 23.0 Å². The number of carbonyl (C=O) groups excluding carboxylic acids is 4. The number of ether oxygens (including phenoxy) is 4. The molecule has 444 valence electrons. The number of carbonyl (C=O) groups is 6. The predicted molar refractivity (Wildman–Crippen MR) is 311 cm³/mol. The lowest BCUT2D eigenvalue weighted by Gasteiger charge is -2.35. The Morgan fingerprint density at radius 3 is 1.80 bits per heavy atom. The van der Waals surface area contributed by atoms with Crippen molar-refractivity contribution in [2.45, 2.75) is 122 Å². The summed E-state index contributed by atoms with van der Waals surface area (Å²) in [5.74, 6) is 0.930. The first kappa shape index (κ1) is 59.5. The van der Waals surface area contributed by atoms with Gasteiger partial charge < -0.3 is 34.1 Å². The molecule has 0 radical (unpaired) electrons. The molecule has 3 saturated carbocycles. The number of nitrogens with zero attached hydrogens (tertiary/aromatic N) is 5. The van der Waals surface area contributed by atoms with E-state index in [1.807, 2.05) is 42.5 Å². The maximum Gasteiger partial charge on any atom is 0.327 e. The highest BCUT2D eigenvalue weighted by molar-refractivity contribution is 6.30. The average Bonchev–Trinajstić information content (AvgIpc) is 2.72. The van der Waals surface area contributed by atoms with Crippen LogP contribution in [0.15, 0.2) is 72.8 Å². The molecule has 5 fully saturated rings. The van der Waals surface area contributed by atoms with Crippen LogP contribution >= 0.6 is 11.6 Å². The molecule has 2 saturated heterocycles. The van der Waals surface area contributed by atoms with Gasteiger partial charge in [0.2, 0.25) is 17.7 Å². The quantitative estimate of drug-likeness (QED) is 0.0526. The van der Waals surface area contributed by atoms with Crippen LogP contribution in [0, 0.1) is 35.5 Å². The molecule has 2 aliphatic heterocycles. The molecule has 4 atom stereocenters.